The van der Waals surface area contributed by atoms with E-state index in [0.717, 1.165) is 5.56 Å². The van der Waals surface area contributed by atoms with Crippen LogP contribution in [0.5, 0.6) is 5.75 Å². The Kier molecular flexibility index (Phi) is 3.71. The Morgan fingerprint density at radius 2 is 1.89 bits per heavy atom. The van der Waals surface area contributed by atoms with Gasteiger partial charge in [-0.2, -0.15) is 5.26 Å². The van der Waals surface area contributed by atoms with Crippen molar-refractivity contribution >= 4 is 17.3 Å². The molecule has 0 saturated carbocycles. The second kappa shape index (κ2) is 5.44. The maximum atomic E-state index is 8.95. The predicted molar refractivity (Wildman–Crippen MR) is 71.4 cm³/mol. The topological polar surface area (TPSA) is 59.0 Å². The Labute approximate surface area is 110 Å². The van der Waals surface area contributed by atoms with Gasteiger partial charge in [-0.3, -0.25) is 0 Å². The number of ether oxygens (including phenoxy) is 1. The molecule has 0 radical (unpaired) electrons. The fourth-order valence-electron chi connectivity index (χ4n) is 1.48. The third kappa shape index (κ3) is 2.93. The fraction of sp³-hybridized carbons (Fsp3) is 0.0714. The average Bonchev–Trinajstić information content (AvgIpc) is 2.38. The third-order valence-electron chi connectivity index (χ3n) is 2.44. The van der Waals surface area contributed by atoms with Crippen LogP contribution in [0, 0.1) is 11.3 Å². The number of nitriles is 1. The highest BCUT2D eigenvalue weighted by Gasteiger charge is 2.04. The molecule has 2 aromatic rings. The minimum absolute atomic E-state index is 0.370. The second-order valence-corrected chi connectivity index (χ2v) is 4.22. The van der Waals surface area contributed by atoms with Crippen LogP contribution in [0.2, 0.25) is 5.02 Å². The summed E-state index contributed by atoms with van der Waals surface area (Å²) in [5, 5.41) is 9.50. The Morgan fingerprint density at radius 1 is 1.17 bits per heavy atom. The number of halogens is 1. The van der Waals surface area contributed by atoms with Crippen LogP contribution in [0.1, 0.15) is 11.1 Å². The molecular formula is C14H11ClN2O. The Morgan fingerprint density at radius 3 is 2.56 bits per heavy atom. The van der Waals surface area contributed by atoms with Crippen molar-refractivity contribution in [3.63, 3.8) is 0 Å². The van der Waals surface area contributed by atoms with E-state index >= 15 is 0 Å². The lowest BCUT2D eigenvalue weighted by Crippen LogP contribution is -1.97. The highest BCUT2D eigenvalue weighted by atomic mass is 35.5. The van der Waals surface area contributed by atoms with Gasteiger partial charge in [-0.05, 0) is 29.8 Å². The van der Waals surface area contributed by atoms with Crippen molar-refractivity contribution in [2.75, 3.05) is 5.73 Å². The fourth-order valence-corrected chi connectivity index (χ4v) is 1.64. The molecule has 90 valence electrons. The first kappa shape index (κ1) is 12.3. The van der Waals surface area contributed by atoms with Gasteiger partial charge in [0.25, 0.3) is 0 Å². The summed E-state index contributed by atoms with van der Waals surface area (Å²) in [4.78, 5) is 0. The number of benzene rings is 2. The molecule has 0 unspecified atom stereocenters. The van der Waals surface area contributed by atoms with E-state index in [1.807, 2.05) is 24.3 Å². The lowest BCUT2D eigenvalue weighted by atomic mass is 10.2. The van der Waals surface area contributed by atoms with Crippen LogP contribution in [0.25, 0.3) is 0 Å². The number of nitrogens with two attached hydrogens (primary N) is 1. The van der Waals surface area contributed by atoms with Crippen molar-refractivity contribution in [2.24, 2.45) is 0 Å². The van der Waals surface area contributed by atoms with Crippen LogP contribution in [-0.4, -0.2) is 0 Å². The van der Waals surface area contributed by atoms with Crippen molar-refractivity contribution < 1.29 is 4.74 Å². The highest BCUT2D eigenvalue weighted by Crippen LogP contribution is 2.23. The molecule has 0 heterocycles. The van der Waals surface area contributed by atoms with E-state index in [4.69, 9.17) is 27.3 Å². The van der Waals surface area contributed by atoms with Crippen molar-refractivity contribution in [3.8, 4) is 11.8 Å². The predicted octanol–water partition coefficient (Wildman–Crippen LogP) is 3.37. The Hall–Kier alpha value is -2.18. The number of nitrogens with zero attached hydrogens (tertiary/aromatic N) is 1. The monoisotopic (exact) mass is 258 g/mol. The summed E-state index contributed by atoms with van der Waals surface area (Å²) in [6, 6.07) is 14.4. The molecule has 0 aliphatic carbocycles. The molecule has 0 fully saturated rings. The molecule has 0 spiro atoms. The average molecular weight is 259 g/mol. The molecule has 18 heavy (non-hydrogen) atoms. The van der Waals surface area contributed by atoms with Crippen molar-refractivity contribution in [2.45, 2.75) is 6.61 Å². The van der Waals surface area contributed by atoms with Crippen molar-refractivity contribution in [1.82, 2.24) is 0 Å². The van der Waals surface area contributed by atoms with Crippen LogP contribution < -0.4 is 10.5 Å². The molecule has 2 N–H and O–H groups in total. The van der Waals surface area contributed by atoms with Gasteiger partial charge in [-0.25, -0.2) is 0 Å². The van der Waals surface area contributed by atoms with E-state index in [1.54, 1.807) is 18.2 Å². The third-order valence-corrected chi connectivity index (χ3v) is 2.67. The first-order valence-corrected chi connectivity index (χ1v) is 5.73. The normalized spacial score (nSPS) is 9.78. The Balaban J connectivity index is 2.13. The second-order valence-electron chi connectivity index (χ2n) is 3.78. The van der Waals surface area contributed by atoms with Crippen molar-refractivity contribution in [1.29, 1.82) is 5.26 Å². The standard InChI is InChI=1S/C14H11ClN2O/c15-12-4-3-11(8-16)14(7-12)18-9-10-1-5-13(17)6-2-10/h1-7H,9,17H2. The molecular weight excluding hydrogens is 248 g/mol. The zero-order valence-electron chi connectivity index (χ0n) is 9.56. The summed E-state index contributed by atoms with van der Waals surface area (Å²) in [6.45, 7) is 0.370. The maximum Gasteiger partial charge on any atom is 0.139 e. The summed E-state index contributed by atoms with van der Waals surface area (Å²) in [7, 11) is 0. The van der Waals surface area contributed by atoms with Gasteiger partial charge in [0.2, 0.25) is 0 Å². The van der Waals surface area contributed by atoms with Gasteiger partial charge in [0.15, 0.2) is 0 Å². The van der Waals surface area contributed by atoms with E-state index in [2.05, 4.69) is 6.07 Å². The summed E-state index contributed by atoms with van der Waals surface area (Å²) < 4.78 is 5.59. The minimum Gasteiger partial charge on any atom is -0.487 e. The van der Waals surface area contributed by atoms with Gasteiger partial charge in [-0.1, -0.05) is 23.7 Å². The number of rotatable bonds is 3. The van der Waals surface area contributed by atoms with E-state index in [0.29, 0.717) is 28.6 Å². The lowest BCUT2D eigenvalue weighted by Gasteiger charge is -2.08. The summed E-state index contributed by atoms with van der Waals surface area (Å²) in [6.07, 6.45) is 0. The molecule has 0 aromatic heterocycles. The zero-order valence-corrected chi connectivity index (χ0v) is 10.3. The van der Waals surface area contributed by atoms with E-state index < -0.39 is 0 Å². The van der Waals surface area contributed by atoms with Gasteiger partial charge in [0.1, 0.15) is 18.4 Å². The van der Waals surface area contributed by atoms with E-state index in [1.165, 1.54) is 0 Å². The largest absolute Gasteiger partial charge is 0.487 e. The van der Waals surface area contributed by atoms with Crippen molar-refractivity contribution in [3.05, 3.63) is 58.6 Å². The maximum absolute atomic E-state index is 8.95. The molecule has 0 amide bonds. The smallest absolute Gasteiger partial charge is 0.139 e. The van der Waals surface area contributed by atoms with E-state index in [9.17, 15) is 0 Å². The van der Waals surface area contributed by atoms with Gasteiger partial charge in [0.05, 0.1) is 5.56 Å². The van der Waals surface area contributed by atoms with Crippen LogP contribution in [0.3, 0.4) is 0 Å². The van der Waals surface area contributed by atoms with Crippen LogP contribution >= 0.6 is 11.6 Å². The molecule has 0 bridgehead atoms. The molecule has 4 heteroatoms. The van der Waals surface area contributed by atoms with Gasteiger partial charge in [-0.15, -0.1) is 0 Å². The summed E-state index contributed by atoms with van der Waals surface area (Å²) >= 11 is 5.87. The first-order chi connectivity index (χ1) is 8.69. The molecule has 0 aliphatic heterocycles. The summed E-state index contributed by atoms with van der Waals surface area (Å²) in [5.41, 5.74) is 7.75. The number of anilines is 1. The number of hydrogen-bond donors (Lipinski definition) is 1. The molecule has 3 nitrogen and oxygen atoms in total. The van der Waals surface area contributed by atoms with Crippen LogP contribution in [-0.2, 0) is 6.61 Å². The molecule has 2 aromatic carbocycles. The SMILES string of the molecule is N#Cc1ccc(Cl)cc1OCc1ccc(N)cc1. The molecule has 0 aliphatic rings. The van der Waals surface area contributed by atoms with Crippen LogP contribution in [0.15, 0.2) is 42.5 Å². The van der Waals surface area contributed by atoms with Gasteiger partial charge < -0.3 is 10.5 Å². The lowest BCUT2D eigenvalue weighted by molar-refractivity contribution is 0.305. The molecule has 0 atom stereocenters. The number of nitrogen functional groups attached to an aromatic ring is 1. The first-order valence-electron chi connectivity index (χ1n) is 5.36. The minimum atomic E-state index is 0.370. The Bertz CT molecular complexity index is 588. The quantitative estimate of drug-likeness (QED) is 0.859. The van der Waals surface area contributed by atoms with Gasteiger partial charge in [0, 0.05) is 16.8 Å². The van der Waals surface area contributed by atoms with Crippen LogP contribution in [0.4, 0.5) is 5.69 Å². The van der Waals surface area contributed by atoms with Gasteiger partial charge >= 0.3 is 0 Å². The molecule has 2 rings (SSSR count). The molecule has 0 saturated heterocycles. The number of hydrogen-bond acceptors (Lipinski definition) is 3. The highest BCUT2D eigenvalue weighted by molar-refractivity contribution is 6.30. The van der Waals surface area contributed by atoms with E-state index in [-0.39, 0.29) is 0 Å². The summed E-state index contributed by atoms with van der Waals surface area (Å²) in [5.74, 6) is 0.488. The zero-order chi connectivity index (χ0) is 13.0.